The van der Waals surface area contributed by atoms with Gasteiger partial charge in [0, 0.05) is 18.4 Å². The summed E-state index contributed by atoms with van der Waals surface area (Å²) in [4.78, 5) is 31.2. The number of amides is 3. The van der Waals surface area contributed by atoms with Gasteiger partial charge in [-0.2, -0.15) is 5.06 Å². The summed E-state index contributed by atoms with van der Waals surface area (Å²) < 4.78 is 0. The lowest BCUT2D eigenvalue weighted by Crippen LogP contribution is -2.50. The molecule has 2 atom stereocenters. The summed E-state index contributed by atoms with van der Waals surface area (Å²) in [7, 11) is 0. The molecule has 2 bridgehead atoms. The summed E-state index contributed by atoms with van der Waals surface area (Å²) in [5, 5.41) is 4.90. The Morgan fingerprint density at radius 2 is 2.37 bits per heavy atom. The minimum atomic E-state index is -0.375. The molecule has 2 fully saturated rings. The Morgan fingerprint density at radius 3 is 3.05 bits per heavy atom. The molecule has 2 rings (SSSR count). The average Bonchev–Trinajstić information content (AvgIpc) is 2.66. The molecule has 3 amide bonds. The number of hydrogen-bond acceptors (Lipinski definition) is 3. The normalized spacial score (nSPS) is 25.6. The molecule has 19 heavy (non-hydrogen) atoms. The standard InChI is InChI=1S/C12H18BrN3O3/c1-2-7-19-16-9-3-4-10(11(17)14-6-5-13)15(8-9)12(16)18/h2,9-10H,1,3-8H2,(H,14,17)/t9?,10-/m0/s1. The Kier molecular flexibility index (Phi) is 4.81. The van der Waals surface area contributed by atoms with Crippen molar-refractivity contribution < 1.29 is 14.4 Å². The SMILES string of the molecule is C=CCON1C(=O)N2CC1CC[C@H]2C(=O)NCCBr. The van der Waals surface area contributed by atoms with E-state index in [-0.39, 0.29) is 24.0 Å². The summed E-state index contributed by atoms with van der Waals surface area (Å²) >= 11 is 3.26. The Balaban J connectivity index is 1.99. The first-order valence-electron chi connectivity index (χ1n) is 6.36. The van der Waals surface area contributed by atoms with Crippen LogP contribution in [0.1, 0.15) is 12.8 Å². The molecule has 0 aromatic heterocycles. The van der Waals surface area contributed by atoms with Crippen molar-refractivity contribution in [1.29, 1.82) is 0 Å². The lowest BCUT2D eigenvalue weighted by atomic mass is 10.0. The van der Waals surface area contributed by atoms with Crippen molar-refractivity contribution >= 4 is 27.9 Å². The van der Waals surface area contributed by atoms with Crippen molar-refractivity contribution in [2.24, 2.45) is 0 Å². The van der Waals surface area contributed by atoms with E-state index in [1.807, 2.05) is 0 Å². The first-order chi connectivity index (χ1) is 9.19. The van der Waals surface area contributed by atoms with E-state index < -0.39 is 0 Å². The van der Waals surface area contributed by atoms with E-state index in [0.717, 1.165) is 6.42 Å². The van der Waals surface area contributed by atoms with E-state index >= 15 is 0 Å². The van der Waals surface area contributed by atoms with Gasteiger partial charge in [0.05, 0.1) is 12.6 Å². The number of nitrogens with one attached hydrogen (secondary N) is 1. The van der Waals surface area contributed by atoms with E-state index in [0.29, 0.717) is 31.4 Å². The maximum atomic E-state index is 12.2. The third kappa shape index (κ3) is 2.92. The number of piperidine rings is 1. The minimum Gasteiger partial charge on any atom is -0.353 e. The average molecular weight is 332 g/mol. The Labute approximate surface area is 120 Å². The van der Waals surface area contributed by atoms with Crippen molar-refractivity contribution in [2.75, 3.05) is 25.0 Å². The zero-order chi connectivity index (χ0) is 13.8. The minimum absolute atomic E-state index is 0.0488. The molecule has 2 aliphatic heterocycles. The van der Waals surface area contributed by atoms with Crippen molar-refractivity contribution in [3.05, 3.63) is 12.7 Å². The number of alkyl halides is 1. The number of carbonyl (C=O) groups excluding carboxylic acids is 2. The zero-order valence-electron chi connectivity index (χ0n) is 10.7. The Hall–Kier alpha value is -1.08. The molecule has 0 spiro atoms. The number of fused-ring (bicyclic) bond motifs is 2. The first kappa shape index (κ1) is 14.3. The van der Waals surface area contributed by atoms with E-state index in [9.17, 15) is 9.59 Å². The molecule has 0 saturated carbocycles. The van der Waals surface area contributed by atoms with Crippen LogP contribution in [0.15, 0.2) is 12.7 Å². The molecule has 0 aliphatic carbocycles. The Bertz CT molecular complexity index is 377. The number of urea groups is 1. The van der Waals surface area contributed by atoms with Gasteiger partial charge in [0.2, 0.25) is 5.91 Å². The number of rotatable bonds is 6. The molecule has 1 unspecified atom stereocenters. The molecule has 0 aromatic rings. The molecule has 7 heteroatoms. The largest absolute Gasteiger partial charge is 0.353 e. The van der Waals surface area contributed by atoms with Crippen LogP contribution >= 0.6 is 15.9 Å². The predicted octanol–water partition coefficient (Wildman–Crippen LogP) is 0.884. The topological polar surface area (TPSA) is 61.9 Å². The third-order valence-corrected chi connectivity index (χ3v) is 3.75. The second kappa shape index (κ2) is 6.38. The highest BCUT2D eigenvalue weighted by Crippen LogP contribution is 2.30. The fourth-order valence-electron chi connectivity index (χ4n) is 2.49. The molecular weight excluding hydrogens is 314 g/mol. The number of hydroxylamine groups is 2. The second-order valence-corrected chi connectivity index (χ2v) is 5.37. The lowest BCUT2D eigenvalue weighted by Gasteiger charge is -2.29. The van der Waals surface area contributed by atoms with Crippen LogP contribution in [0.5, 0.6) is 0 Å². The van der Waals surface area contributed by atoms with Gasteiger partial charge < -0.3 is 10.2 Å². The van der Waals surface area contributed by atoms with Gasteiger partial charge in [-0.15, -0.1) is 6.58 Å². The molecule has 0 radical (unpaired) electrons. The van der Waals surface area contributed by atoms with Gasteiger partial charge in [0.1, 0.15) is 6.04 Å². The maximum absolute atomic E-state index is 12.2. The first-order valence-corrected chi connectivity index (χ1v) is 7.48. The maximum Gasteiger partial charge on any atom is 0.345 e. The quantitative estimate of drug-likeness (QED) is 0.580. The number of nitrogens with zero attached hydrogens (tertiary/aromatic N) is 2. The molecule has 2 heterocycles. The van der Waals surface area contributed by atoms with Crippen LogP contribution in [0.3, 0.4) is 0 Å². The van der Waals surface area contributed by atoms with Crippen LogP contribution < -0.4 is 5.32 Å². The number of halogens is 1. The third-order valence-electron chi connectivity index (χ3n) is 3.35. The molecule has 2 saturated heterocycles. The fraction of sp³-hybridized carbons (Fsp3) is 0.667. The van der Waals surface area contributed by atoms with Gasteiger partial charge in [-0.05, 0) is 12.8 Å². The number of hydrogen-bond donors (Lipinski definition) is 1. The Morgan fingerprint density at radius 1 is 1.58 bits per heavy atom. The van der Waals surface area contributed by atoms with Gasteiger partial charge in [-0.1, -0.05) is 22.0 Å². The smallest absolute Gasteiger partial charge is 0.345 e. The van der Waals surface area contributed by atoms with Crippen LogP contribution in [0.4, 0.5) is 4.79 Å². The highest BCUT2D eigenvalue weighted by Gasteiger charge is 2.47. The van der Waals surface area contributed by atoms with Gasteiger partial charge >= 0.3 is 6.03 Å². The summed E-state index contributed by atoms with van der Waals surface area (Å²) in [6.45, 7) is 4.99. The molecule has 2 aliphatic rings. The summed E-state index contributed by atoms with van der Waals surface area (Å²) in [5.74, 6) is -0.0863. The van der Waals surface area contributed by atoms with Crippen molar-refractivity contribution in [3.8, 4) is 0 Å². The van der Waals surface area contributed by atoms with E-state index in [1.165, 1.54) is 5.06 Å². The van der Waals surface area contributed by atoms with Crippen molar-refractivity contribution in [1.82, 2.24) is 15.3 Å². The molecule has 0 aromatic carbocycles. The molecule has 1 N–H and O–H groups in total. The highest BCUT2D eigenvalue weighted by atomic mass is 79.9. The van der Waals surface area contributed by atoms with E-state index in [2.05, 4.69) is 27.8 Å². The van der Waals surface area contributed by atoms with E-state index in [1.54, 1.807) is 11.0 Å². The van der Waals surface area contributed by atoms with Gasteiger partial charge in [-0.3, -0.25) is 9.63 Å². The van der Waals surface area contributed by atoms with Crippen LogP contribution in [-0.4, -0.2) is 59.0 Å². The van der Waals surface area contributed by atoms with Crippen LogP contribution in [-0.2, 0) is 9.63 Å². The van der Waals surface area contributed by atoms with Crippen LogP contribution in [0, 0.1) is 0 Å². The molecule has 6 nitrogen and oxygen atoms in total. The zero-order valence-corrected chi connectivity index (χ0v) is 12.3. The summed E-state index contributed by atoms with van der Waals surface area (Å²) in [6.07, 6.45) is 3.06. The van der Waals surface area contributed by atoms with Crippen LogP contribution in [0.2, 0.25) is 0 Å². The van der Waals surface area contributed by atoms with Crippen molar-refractivity contribution in [3.63, 3.8) is 0 Å². The second-order valence-electron chi connectivity index (χ2n) is 4.57. The summed E-state index contributed by atoms with van der Waals surface area (Å²) in [6, 6.07) is -0.545. The van der Waals surface area contributed by atoms with Gasteiger partial charge in [0.15, 0.2) is 0 Å². The van der Waals surface area contributed by atoms with Gasteiger partial charge in [0.25, 0.3) is 0 Å². The van der Waals surface area contributed by atoms with E-state index in [4.69, 9.17) is 4.84 Å². The summed E-state index contributed by atoms with van der Waals surface area (Å²) in [5.41, 5.74) is 0. The van der Waals surface area contributed by atoms with Crippen molar-refractivity contribution in [2.45, 2.75) is 24.9 Å². The molecular formula is C12H18BrN3O3. The predicted molar refractivity (Wildman–Crippen MR) is 73.7 cm³/mol. The van der Waals surface area contributed by atoms with Crippen LogP contribution in [0.25, 0.3) is 0 Å². The van der Waals surface area contributed by atoms with Gasteiger partial charge in [-0.25, -0.2) is 4.79 Å². The lowest BCUT2D eigenvalue weighted by molar-refractivity contribution is -0.126. The highest BCUT2D eigenvalue weighted by molar-refractivity contribution is 9.09. The monoisotopic (exact) mass is 331 g/mol. The molecule has 106 valence electrons. The fourth-order valence-corrected chi connectivity index (χ4v) is 2.69. The number of carbonyl (C=O) groups is 2.